The number of carboxylic acids is 2. The number of hydrogen-bond donors (Lipinski definition) is 2. The fraction of sp³-hybridized carbons (Fsp3) is 0.591. The predicted octanol–water partition coefficient (Wildman–Crippen LogP) is 4.04. The summed E-state index contributed by atoms with van der Waals surface area (Å²) in [6.45, 7) is 9.83. The van der Waals surface area contributed by atoms with Crippen molar-refractivity contribution in [2.24, 2.45) is 5.41 Å². The van der Waals surface area contributed by atoms with Crippen molar-refractivity contribution in [2.75, 3.05) is 39.4 Å². The summed E-state index contributed by atoms with van der Waals surface area (Å²) < 4.78 is 75.2. The number of halogens is 6. The van der Waals surface area contributed by atoms with Gasteiger partial charge < -0.3 is 19.4 Å². The van der Waals surface area contributed by atoms with Gasteiger partial charge in [0.15, 0.2) is 0 Å². The number of nitrogens with zero attached hydrogens (tertiary/aromatic N) is 3. The molecule has 16 heteroatoms. The van der Waals surface area contributed by atoms with Gasteiger partial charge in [-0.05, 0) is 32.0 Å². The van der Waals surface area contributed by atoms with Crippen LogP contribution in [0.2, 0.25) is 0 Å². The van der Waals surface area contributed by atoms with E-state index in [4.69, 9.17) is 29.0 Å². The van der Waals surface area contributed by atoms with Crippen molar-refractivity contribution in [2.45, 2.75) is 38.8 Å². The number of carboxylic acid groups (broad SMARTS) is 2. The molecule has 4 rings (SSSR count). The molecular weight excluding hydrogens is 548 g/mol. The van der Waals surface area contributed by atoms with E-state index in [1.165, 1.54) is 11.4 Å². The van der Waals surface area contributed by atoms with Crippen LogP contribution in [-0.2, 0) is 27.4 Å². The lowest BCUT2D eigenvalue weighted by Crippen LogP contribution is -2.40. The third-order valence-corrected chi connectivity index (χ3v) is 6.30. The van der Waals surface area contributed by atoms with Crippen LogP contribution in [0.1, 0.15) is 22.9 Å². The summed E-state index contributed by atoms with van der Waals surface area (Å²) >= 11 is 1.75. The first-order valence-electron chi connectivity index (χ1n) is 11.2. The van der Waals surface area contributed by atoms with Gasteiger partial charge in [-0.3, -0.25) is 9.80 Å². The monoisotopic (exact) mass is 575 g/mol. The Morgan fingerprint density at radius 3 is 2.08 bits per heavy atom. The number of ether oxygens (including phenoxy) is 1. The largest absolute Gasteiger partial charge is 0.490 e. The Morgan fingerprint density at radius 1 is 1.03 bits per heavy atom. The van der Waals surface area contributed by atoms with Crippen LogP contribution in [0.3, 0.4) is 0 Å². The molecule has 2 aliphatic heterocycles. The number of hydrogen-bond acceptors (Lipinski definition) is 8. The molecule has 0 aromatic carbocycles. The molecule has 214 valence electrons. The van der Waals surface area contributed by atoms with E-state index in [2.05, 4.69) is 26.2 Å². The van der Waals surface area contributed by atoms with Crippen molar-refractivity contribution in [1.29, 1.82) is 0 Å². The third kappa shape index (κ3) is 10.6. The van der Waals surface area contributed by atoms with Crippen molar-refractivity contribution in [1.82, 2.24) is 14.8 Å². The minimum absolute atomic E-state index is 0.245. The second-order valence-electron chi connectivity index (χ2n) is 8.77. The fourth-order valence-electron chi connectivity index (χ4n) is 3.94. The standard InChI is InChI=1S/C18H25N3O2S.2C2HF3O2/c1-15-2-3-16(23-15)10-21-7-8-22-14-18(13-21)4-6-20(12-18)11-17-19-5-9-24-17;2*3-2(4,5)1(6)7/h2-3,5,9H,4,6-8,10-14H2,1H3;2*(H,6,7). The van der Waals surface area contributed by atoms with Gasteiger partial charge in [0.05, 0.1) is 26.3 Å². The zero-order chi connectivity index (χ0) is 28.6. The molecule has 2 aromatic rings. The average molecular weight is 576 g/mol. The van der Waals surface area contributed by atoms with Crippen LogP contribution in [0.5, 0.6) is 0 Å². The van der Waals surface area contributed by atoms with Crippen molar-refractivity contribution in [3.8, 4) is 0 Å². The zero-order valence-electron chi connectivity index (χ0n) is 20.2. The first-order chi connectivity index (χ1) is 17.6. The van der Waals surface area contributed by atoms with Gasteiger partial charge in [-0.15, -0.1) is 11.3 Å². The maximum atomic E-state index is 10.6. The number of aromatic nitrogens is 1. The highest BCUT2D eigenvalue weighted by atomic mass is 32.1. The normalized spacial score (nSPS) is 20.7. The lowest BCUT2D eigenvalue weighted by atomic mass is 9.87. The smallest absolute Gasteiger partial charge is 0.475 e. The van der Waals surface area contributed by atoms with Crippen molar-refractivity contribution in [3.63, 3.8) is 0 Å². The fourth-order valence-corrected chi connectivity index (χ4v) is 4.60. The highest BCUT2D eigenvalue weighted by molar-refractivity contribution is 7.09. The van der Waals surface area contributed by atoms with Gasteiger partial charge in [-0.2, -0.15) is 26.3 Å². The molecule has 38 heavy (non-hydrogen) atoms. The average Bonchev–Trinajstić information content (AvgIpc) is 3.51. The first-order valence-corrected chi connectivity index (χ1v) is 12.0. The summed E-state index contributed by atoms with van der Waals surface area (Å²) in [6.07, 6.45) is -7.07. The summed E-state index contributed by atoms with van der Waals surface area (Å²) in [7, 11) is 0. The van der Waals surface area contributed by atoms with Crippen molar-refractivity contribution >= 4 is 23.3 Å². The molecule has 1 unspecified atom stereocenters. The summed E-state index contributed by atoms with van der Waals surface area (Å²) in [6, 6.07) is 4.14. The molecule has 9 nitrogen and oxygen atoms in total. The second kappa shape index (κ2) is 13.4. The Morgan fingerprint density at radius 2 is 1.61 bits per heavy atom. The molecule has 2 aliphatic rings. The Labute approximate surface area is 217 Å². The molecule has 2 fully saturated rings. The highest BCUT2D eigenvalue weighted by Gasteiger charge is 2.41. The highest BCUT2D eigenvalue weighted by Crippen LogP contribution is 2.34. The van der Waals surface area contributed by atoms with Gasteiger partial charge in [-0.25, -0.2) is 14.6 Å². The van der Waals surface area contributed by atoms with E-state index in [0.717, 1.165) is 64.0 Å². The molecule has 2 saturated heterocycles. The molecule has 1 atom stereocenters. The van der Waals surface area contributed by atoms with Gasteiger partial charge in [0.25, 0.3) is 0 Å². The zero-order valence-corrected chi connectivity index (χ0v) is 21.0. The number of aryl methyl sites for hydroxylation is 1. The summed E-state index contributed by atoms with van der Waals surface area (Å²) in [5, 5.41) is 17.5. The minimum Gasteiger partial charge on any atom is -0.475 e. The van der Waals surface area contributed by atoms with Gasteiger partial charge in [0.2, 0.25) is 0 Å². The molecule has 2 N–H and O–H groups in total. The summed E-state index contributed by atoms with van der Waals surface area (Å²) in [4.78, 5) is 27.2. The Kier molecular flexibility index (Phi) is 11.1. The number of alkyl halides is 6. The molecule has 4 heterocycles. The number of likely N-dealkylation sites (tertiary alicyclic amines) is 1. The molecule has 0 bridgehead atoms. The Hall–Kier alpha value is -2.69. The Balaban J connectivity index is 0.000000301. The van der Waals surface area contributed by atoms with E-state index in [1.807, 2.05) is 19.2 Å². The van der Waals surface area contributed by atoms with Crippen LogP contribution in [0.15, 0.2) is 28.1 Å². The Bertz CT molecular complexity index is 1010. The molecule has 0 amide bonds. The third-order valence-electron chi connectivity index (χ3n) is 5.54. The van der Waals surface area contributed by atoms with Gasteiger partial charge in [-0.1, -0.05) is 0 Å². The van der Waals surface area contributed by atoms with E-state index in [-0.39, 0.29) is 5.41 Å². The topological polar surface area (TPSA) is 116 Å². The van der Waals surface area contributed by atoms with Crippen LogP contribution >= 0.6 is 11.3 Å². The van der Waals surface area contributed by atoms with Crippen molar-refractivity contribution in [3.05, 3.63) is 40.2 Å². The molecular formula is C22H27F6N3O6S. The molecule has 1 spiro atoms. The van der Waals surface area contributed by atoms with E-state index in [9.17, 15) is 26.3 Å². The summed E-state index contributed by atoms with van der Waals surface area (Å²) in [5.41, 5.74) is 0.245. The molecule has 0 aliphatic carbocycles. The van der Waals surface area contributed by atoms with Gasteiger partial charge >= 0.3 is 24.3 Å². The van der Waals surface area contributed by atoms with Crippen LogP contribution in [-0.4, -0.2) is 88.7 Å². The quantitative estimate of drug-likeness (QED) is 0.522. The van der Waals surface area contributed by atoms with E-state index in [0.29, 0.717) is 0 Å². The van der Waals surface area contributed by atoms with Gasteiger partial charge in [0.1, 0.15) is 16.5 Å². The molecule has 2 aromatic heterocycles. The van der Waals surface area contributed by atoms with Gasteiger partial charge in [0, 0.05) is 36.6 Å². The number of thiazole rings is 1. The van der Waals surface area contributed by atoms with E-state index >= 15 is 0 Å². The number of furan rings is 1. The lowest BCUT2D eigenvalue weighted by Gasteiger charge is -2.31. The number of aliphatic carboxylic acids is 2. The summed E-state index contributed by atoms with van der Waals surface area (Å²) in [5.74, 6) is -3.47. The second-order valence-corrected chi connectivity index (χ2v) is 9.75. The van der Waals surface area contributed by atoms with Crippen LogP contribution in [0, 0.1) is 12.3 Å². The maximum absolute atomic E-state index is 10.6. The van der Waals surface area contributed by atoms with E-state index < -0.39 is 24.3 Å². The minimum atomic E-state index is -5.08. The first kappa shape index (κ1) is 31.5. The van der Waals surface area contributed by atoms with Crippen LogP contribution < -0.4 is 0 Å². The van der Waals surface area contributed by atoms with E-state index in [1.54, 1.807) is 11.3 Å². The predicted molar refractivity (Wildman–Crippen MR) is 121 cm³/mol. The molecule has 0 radical (unpaired) electrons. The van der Waals surface area contributed by atoms with Crippen LogP contribution in [0.4, 0.5) is 26.3 Å². The SMILES string of the molecule is Cc1ccc(CN2CCOCC3(CCN(Cc4nccs4)C3)C2)o1.O=C(O)C(F)(F)F.O=C(O)C(F)(F)F. The van der Waals surface area contributed by atoms with Crippen LogP contribution in [0.25, 0.3) is 0 Å². The maximum Gasteiger partial charge on any atom is 0.490 e. The molecule has 0 saturated carbocycles. The number of rotatable bonds is 4. The number of carbonyl (C=O) groups is 2. The lowest BCUT2D eigenvalue weighted by molar-refractivity contribution is -0.193. The van der Waals surface area contributed by atoms with Crippen molar-refractivity contribution < 1.29 is 55.3 Å².